The molecule has 3 N–H and O–H groups in total. The van der Waals surface area contributed by atoms with Gasteiger partial charge in [-0.1, -0.05) is 51.7 Å². The third-order valence-electron chi connectivity index (χ3n) is 3.94. The van der Waals surface area contributed by atoms with Crippen LogP contribution >= 0.6 is 12.2 Å². The first-order chi connectivity index (χ1) is 8.58. The Balaban J connectivity index is 2.49. The third-order valence-corrected chi connectivity index (χ3v) is 4.23. The molecule has 0 aromatic heterocycles. The summed E-state index contributed by atoms with van der Waals surface area (Å²) in [6.45, 7) is 4.27. The summed E-state index contributed by atoms with van der Waals surface area (Å²) < 4.78 is 0. The average molecular weight is 270 g/mol. The van der Waals surface area contributed by atoms with Gasteiger partial charge in [-0.2, -0.15) is 0 Å². The molecule has 3 atom stereocenters. The van der Waals surface area contributed by atoms with Gasteiger partial charge in [0, 0.05) is 6.04 Å². The van der Waals surface area contributed by atoms with Crippen molar-refractivity contribution in [3.05, 3.63) is 0 Å². The van der Waals surface area contributed by atoms with Crippen molar-refractivity contribution >= 4 is 23.1 Å². The molecule has 0 heterocycles. The lowest BCUT2D eigenvalue weighted by Crippen LogP contribution is -2.44. The molecule has 1 aliphatic carbocycles. The number of carbonyl (C=O) groups excluding carboxylic acids is 1. The van der Waals surface area contributed by atoms with E-state index in [4.69, 9.17) is 18.0 Å². The molecule has 4 heteroatoms. The van der Waals surface area contributed by atoms with Gasteiger partial charge >= 0.3 is 0 Å². The van der Waals surface area contributed by atoms with Crippen molar-refractivity contribution in [3.63, 3.8) is 0 Å². The van der Waals surface area contributed by atoms with Crippen LogP contribution in [0.1, 0.15) is 58.8 Å². The van der Waals surface area contributed by atoms with Gasteiger partial charge < -0.3 is 11.1 Å². The molecule has 1 amide bonds. The minimum Gasteiger partial charge on any atom is -0.393 e. The fourth-order valence-electron chi connectivity index (χ4n) is 2.79. The Morgan fingerprint density at radius 2 is 2.17 bits per heavy atom. The van der Waals surface area contributed by atoms with E-state index in [1.165, 1.54) is 19.3 Å². The molecule has 0 radical (unpaired) electrons. The summed E-state index contributed by atoms with van der Waals surface area (Å²) in [5.74, 6) is 0.511. The van der Waals surface area contributed by atoms with E-state index in [0.717, 1.165) is 31.6 Å². The number of carbonyl (C=O) groups is 1. The molecule has 0 aliphatic heterocycles. The first kappa shape index (κ1) is 15.4. The van der Waals surface area contributed by atoms with Crippen LogP contribution in [0.3, 0.4) is 0 Å². The smallest absolute Gasteiger partial charge is 0.230 e. The van der Waals surface area contributed by atoms with Crippen LogP contribution in [0.5, 0.6) is 0 Å². The Labute approximate surface area is 116 Å². The zero-order valence-electron chi connectivity index (χ0n) is 11.6. The second-order valence-corrected chi connectivity index (χ2v) is 5.86. The topological polar surface area (TPSA) is 55.1 Å². The van der Waals surface area contributed by atoms with Gasteiger partial charge in [-0.15, -0.1) is 0 Å². The minimum atomic E-state index is -0.285. The van der Waals surface area contributed by atoms with E-state index in [9.17, 15) is 4.79 Å². The predicted octanol–water partition coefficient (Wildman–Crippen LogP) is 2.77. The van der Waals surface area contributed by atoms with E-state index in [2.05, 4.69) is 12.2 Å². The van der Waals surface area contributed by atoms with Crippen LogP contribution in [0, 0.1) is 11.8 Å². The van der Waals surface area contributed by atoms with Crippen molar-refractivity contribution in [1.82, 2.24) is 5.32 Å². The normalized spacial score (nSPS) is 25.4. The summed E-state index contributed by atoms with van der Waals surface area (Å²) in [7, 11) is 0. The quantitative estimate of drug-likeness (QED) is 0.730. The van der Waals surface area contributed by atoms with Gasteiger partial charge in [0.05, 0.1) is 10.9 Å². The summed E-state index contributed by atoms with van der Waals surface area (Å²) >= 11 is 4.99. The minimum absolute atomic E-state index is 0.0334. The molecule has 1 aliphatic rings. The van der Waals surface area contributed by atoms with E-state index < -0.39 is 0 Å². The van der Waals surface area contributed by atoms with Crippen LogP contribution in [0.15, 0.2) is 0 Å². The monoisotopic (exact) mass is 270 g/mol. The van der Waals surface area contributed by atoms with Crippen molar-refractivity contribution in [2.45, 2.75) is 64.8 Å². The fraction of sp³-hybridized carbons (Fsp3) is 0.857. The van der Waals surface area contributed by atoms with Crippen molar-refractivity contribution in [2.24, 2.45) is 17.6 Å². The third kappa shape index (κ3) is 4.56. The molecule has 0 bridgehead atoms. The molecule has 104 valence electrons. The Kier molecular flexibility index (Phi) is 6.61. The van der Waals surface area contributed by atoms with Gasteiger partial charge in [-0.25, -0.2) is 0 Å². The highest BCUT2D eigenvalue weighted by Crippen LogP contribution is 2.26. The van der Waals surface area contributed by atoms with Crippen molar-refractivity contribution in [3.8, 4) is 0 Å². The zero-order chi connectivity index (χ0) is 13.5. The van der Waals surface area contributed by atoms with Crippen LogP contribution in [-0.4, -0.2) is 16.9 Å². The molecule has 1 saturated carbocycles. The van der Waals surface area contributed by atoms with Gasteiger partial charge in [0.15, 0.2) is 0 Å². The molecular formula is C14H26N2OS. The maximum absolute atomic E-state index is 12.2. The van der Waals surface area contributed by atoms with Crippen molar-refractivity contribution in [1.29, 1.82) is 0 Å². The number of hydrogen-bond acceptors (Lipinski definition) is 2. The predicted molar refractivity (Wildman–Crippen MR) is 79.4 cm³/mol. The van der Waals surface area contributed by atoms with Crippen LogP contribution < -0.4 is 11.1 Å². The van der Waals surface area contributed by atoms with E-state index >= 15 is 0 Å². The SMILES string of the molecule is CCCC(C(=O)NC1CCCC(CC)C1)C(N)=S. The maximum Gasteiger partial charge on any atom is 0.230 e. The number of amides is 1. The van der Waals surface area contributed by atoms with E-state index in [-0.39, 0.29) is 11.8 Å². The lowest BCUT2D eigenvalue weighted by molar-refractivity contribution is -0.124. The number of thiocarbonyl (C=S) groups is 1. The van der Waals surface area contributed by atoms with Crippen LogP contribution in [0.4, 0.5) is 0 Å². The number of nitrogens with two attached hydrogens (primary N) is 1. The Morgan fingerprint density at radius 3 is 2.72 bits per heavy atom. The van der Waals surface area contributed by atoms with E-state index in [0.29, 0.717) is 11.0 Å². The van der Waals surface area contributed by atoms with Crippen molar-refractivity contribution in [2.75, 3.05) is 0 Å². The number of rotatable bonds is 6. The average Bonchev–Trinajstić information content (AvgIpc) is 2.35. The summed E-state index contributed by atoms with van der Waals surface area (Å²) in [5.41, 5.74) is 5.65. The standard InChI is InChI=1S/C14H26N2OS/c1-3-6-12(13(15)18)14(17)16-11-8-5-7-10(4-2)9-11/h10-12H,3-9H2,1-2H3,(H2,15,18)(H,16,17). The van der Waals surface area contributed by atoms with Crippen molar-refractivity contribution < 1.29 is 4.79 Å². The zero-order valence-corrected chi connectivity index (χ0v) is 12.4. The molecule has 1 rings (SSSR count). The Bertz CT molecular complexity index is 294. The van der Waals surface area contributed by atoms with Gasteiger partial charge in [-0.05, 0) is 25.2 Å². The van der Waals surface area contributed by atoms with E-state index in [1.807, 2.05) is 6.92 Å². The largest absolute Gasteiger partial charge is 0.393 e. The molecule has 0 saturated heterocycles. The first-order valence-electron chi connectivity index (χ1n) is 7.18. The lowest BCUT2D eigenvalue weighted by Gasteiger charge is -2.30. The molecule has 0 aromatic carbocycles. The second kappa shape index (κ2) is 7.72. The summed E-state index contributed by atoms with van der Waals surface area (Å²) in [6.07, 6.45) is 7.62. The summed E-state index contributed by atoms with van der Waals surface area (Å²) in [4.78, 5) is 12.5. The molecule has 3 nitrogen and oxygen atoms in total. The molecular weight excluding hydrogens is 244 g/mol. The van der Waals surface area contributed by atoms with E-state index in [1.54, 1.807) is 0 Å². The highest BCUT2D eigenvalue weighted by Gasteiger charge is 2.26. The Morgan fingerprint density at radius 1 is 1.44 bits per heavy atom. The van der Waals surface area contributed by atoms with Gasteiger partial charge in [0.25, 0.3) is 0 Å². The lowest BCUT2D eigenvalue weighted by atomic mass is 9.84. The van der Waals surface area contributed by atoms with Gasteiger partial charge in [0.1, 0.15) is 0 Å². The van der Waals surface area contributed by atoms with Crippen LogP contribution in [-0.2, 0) is 4.79 Å². The highest BCUT2D eigenvalue weighted by molar-refractivity contribution is 7.80. The Hall–Kier alpha value is -0.640. The first-order valence-corrected chi connectivity index (χ1v) is 7.58. The highest BCUT2D eigenvalue weighted by atomic mass is 32.1. The second-order valence-electron chi connectivity index (χ2n) is 5.39. The molecule has 3 unspecified atom stereocenters. The number of nitrogens with one attached hydrogen (secondary N) is 1. The molecule has 0 spiro atoms. The number of hydrogen-bond donors (Lipinski definition) is 2. The van der Waals surface area contributed by atoms with Gasteiger partial charge in [-0.3, -0.25) is 4.79 Å². The van der Waals surface area contributed by atoms with Crippen LogP contribution in [0.2, 0.25) is 0 Å². The van der Waals surface area contributed by atoms with Gasteiger partial charge in [0.2, 0.25) is 5.91 Å². The van der Waals surface area contributed by atoms with Crippen LogP contribution in [0.25, 0.3) is 0 Å². The molecule has 0 aromatic rings. The summed E-state index contributed by atoms with van der Waals surface area (Å²) in [5, 5.41) is 3.14. The summed E-state index contributed by atoms with van der Waals surface area (Å²) in [6, 6.07) is 0.324. The maximum atomic E-state index is 12.2. The molecule has 1 fully saturated rings. The molecule has 18 heavy (non-hydrogen) atoms. The fourth-order valence-corrected chi connectivity index (χ4v) is 3.01.